The molecule has 2 aromatic carbocycles. The van der Waals surface area contributed by atoms with Crippen molar-refractivity contribution in [2.75, 3.05) is 0 Å². The summed E-state index contributed by atoms with van der Waals surface area (Å²) in [5, 5.41) is 4.12. The van der Waals surface area contributed by atoms with E-state index in [4.69, 9.17) is 0 Å². The van der Waals surface area contributed by atoms with Crippen LogP contribution in [0, 0.1) is 11.7 Å². The van der Waals surface area contributed by atoms with Crippen LogP contribution in [0.15, 0.2) is 54.7 Å². The molecular formula is C22H25FN2O. The Hall–Kier alpha value is -2.62. The molecule has 0 aliphatic carbocycles. The van der Waals surface area contributed by atoms with Gasteiger partial charge in [0.15, 0.2) is 0 Å². The summed E-state index contributed by atoms with van der Waals surface area (Å²) in [7, 11) is 0. The highest BCUT2D eigenvalue weighted by Crippen LogP contribution is 2.33. The monoisotopic (exact) mass is 352 g/mol. The topological polar surface area (TPSA) is 44.9 Å². The lowest BCUT2D eigenvalue weighted by atomic mass is 9.87. The van der Waals surface area contributed by atoms with Crippen LogP contribution in [0.4, 0.5) is 4.39 Å². The van der Waals surface area contributed by atoms with Crippen molar-refractivity contribution in [2.45, 2.75) is 39.2 Å². The van der Waals surface area contributed by atoms with Crippen molar-refractivity contribution >= 4 is 16.8 Å². The Kier molecular flexibility index (Phi) is 5.40. The predicted molar refractivity (Wildman–Crippen MR) is 104 cm³/mol. The van der Waals surface area contributed by atoms with Crippen molar-refractivity contribution in [1.82, 2.24) is 10.3 Å². The molecule has 0 fully saturated rings. The average molecular weight is 352 g/mol. The number of aromatic amines is 1. The molecule has 2 atom stereocenters. The molecule has 3 rings (SSSR count). The molecule has 0 saturated heterocycles. The number of carbonyl (C=O) groups excluding carboxylic acids is 1. The third kappa shape index (κ3) is 3.96. The van der Waals surface area contributed by atoms with E-state index in [0.717, 1.165) is 22.0 Å². The Balaban J connectivity index is 1.96. The minimum atomic E-state index is -0.289. The smallest absolute Gasteiger partial charge is 0.221 e. The maximum absolute atomic E-state index is 13.8. The van der Waals surface area contributed by atoms with E-state index in [0.29, 0.717) is 5.92 Å². The highest BCUT2D eigenvalue weighted by molar-refractivity contribution is 5.86. The molecule has 3 nitrogen and oxygen atoms in total. The zero-order valence-electron chi connectivity index (χ0n) is 15.4. The van der Waals surface area contributed by atoms with Crippen LogP contribution < -0.4 is 5.32 Å². The number of H-pyrrole nitrogens is 1. The highest BCUT2D eigenvalue weighted by atomic mass is 19.1. The number of rotatable bonds is 6. The normalized spacial score (nSPS) is 13.7. The minimum Gasteiger partial charge on any atom is -0.361 e. The number of amides is 1. The van der Waals surface area contributed by atoms with Crippen LogP contribution in [0.5, 0.6) is 0 Å². The van der Waals surface area contributed by atoms with Crippen LogP contribution in [-0.2, 0) is 4.79 Å². The standard InChI is InChI=1S/C22H25FN2O/c1-14(2)15(3)25-22(26)12-19(16-7-6-8-17(23)11-16)20-13-24-21-10-5-4-9-18(20)21/h4-11,13-15,19,24H,12H2,1-3H3,(H,25,26)/t15-,19+/m0/s1. The van der Waals surface area contributed by atoms with Crippen LogP contribution >= 0.6 is 0 Å². The zero-order valence-corrected chi connectivity index (χ0v) is 15.4. The van der Waals surface area contributed by atoms with Crippen LogP contribution in [0.1, 0.15) is 44.2 Å². The molecule has 0 aliphatic rings. The Morgan fingerprint density at radius 1 is 1.12 bits per heavy atom. The quantitative estimate of drug-likeness (QED) is 0.645. The van der Waals surface area contributed by atoms with Crippen molar-refractivity contribution in [3.05, 3.63) is 71.7 Å². The third-order valence-corrected chi connectivity index (χ3v) is 5.03. The van der Waals surface area contributed by atoms with Gasteiger partial charge in [0.25, 0.3) is 0 Å². The molecule has 0 unspecified atom stereocenters. The van der Waals surface area contributed by atoms with Gasteiger partial charge >= 0.3 is 0 Å². The van der Waals surface area contributed by atoms with Gasteiger partial charge in [0.2, 0.25) is 5.91 Å². The highest BCUT2D eigenvalue weighted by Gasteiger charge is 2.23. The molecule has 1 aromatic heterocycles. The van der Waals surface area contributed by atoms with E-state index in [-0.39, 0.29) is 30.1 Å². The Morgan fingerprint density at radius 2 is 1.88 bits per heavy atom. The van der Waals surface area contributed by atoms with Gasteiger partial charge in [-0.15, -0.1) is 0 Å². The van der Waals surface area contributed by atoms with Crippen molar-refractivity contribution in [3.63, 3.8) is 0 Å². The first kappa shape index (κ1) is 18.2. The van der Waals surface area contributed by atoms with Gasteiger partial charge in [-0.25, -0.2) is 4.39 Å². The lowest BCUT2D eigenvalue weighted by Gasteiger charge is -2.21. The van der Waals surface area contributed by atoms with Crippen LogP contribution in [0.2, 0.25) is 0 Å². The van der Waals surface area contributed by atoms with Gasteiger partial charge in [-0.2, -0.15) is 0 Å². The molecule has 136 valence electrons. The summed E-state index contributed by atoms with van der Waals surface area (Å²) in [4.78, 5) is 15.9. The van der Waals surface area contributed by atoms with Crippen LogP contribution in [0.25, 0.3) is 10.9 Å². The molecule has 0 radical (unpaired) electrons. The zero-order chi connectivity index (χ0) is 18.7. The van der Waals surface area contributed by atoms with E-state index in [1.807, 2.05) is 43.5 Å². The second-order valence-corrected chi connectivity index (χ2v) is 7.20. The van der Waals surface area contributed by atoms with Gasteiger partial charge in [0, 0.05) is 35.5 Å². The maximum Gasteiger partial charge on any atom is 0.221 e. The lowest BCUT2D eigenvalue weighted by molar-refractivity contribution is -0.122. The molecule has 3 aromatic rings. The summed E-state index contributed by atoms with van der Waals surface area (Å²) in [5.74, 6) is -0.157. The van der Waals surface area contributed by atoms with Crippen LogP contribution in [0.3, 0.4) is 0 Å². The minimum absolute atomic E-state index is 0.0225. The largest absolute Gasteiger partial charge is 0.361 e. The molecule has 1 amide bonds. The fourth-order valence-corrected chi connectivity index (χ4v) is 3.18. The lowest BCUT2D eigenvalue weighted by Crippen LogP contribution is -2.36. The van der Waals surface area contributed by atoms with Gasteiger partial charge in [-0.05, 0) is 42.2 Å². The number of halogens is 1. The van der Waals surface area contributed by atoms with E-state index < -0.39 is 0 Å². The van der Waals surface area contributed by atoms with Crippen molar-refractivity contribution in [3.8, 4) is 0 Å². The average Bonchev–Trinajstić information content (AvgIpc) is 3.03. The summed E-state index contributed by atoms with van der Waals surface area (Å²) >= 11 is 0. The number of carbonyl (C=O) groups is 1. The number of para-hydroxylation sites is 1. The van der Waals surface area contributed by atoms with Crippen molar-refractivity contribution in [2.24, 2.45) is 5.92 Å². The van der Waals surface area contributed by atoms with E-state index in [1.54, 1.807) is 6.07 Å². The van der Waals surface area contributed by atoms with E-state index >= 15 is 0 Å². The Labute approximate surface area is 153 Å². The van der Waals surface area contributed by atoms with E-state index in [1.165, 1.54) is 12.1 Å². The molecule has 4 heteroatoms. The van der Waals surface area contributed by atoms with E-state index in [2.05, 4.69) is 24.1 Å². The SMILES string of the molecule is CC(C)[C@H](C)NC(=O)C[C@H](c1cccc(F)c1)c1c[nH]c2ccccc12. The summed E-state index contributed by atoms with van der Waals surface area (Å²) in [5.41, 5.74) is 2.83. The number of hydrogen-bond acceptors (Lipinski definition) is 1. The van der Waals surface area contributed by atoms with Gasteiger partial charge < -0.3 is 10.3 Å². The predicted octanol–water partition coefficient (Wildman–Crippen LogP) is 4.99. The third-order valence-electron chi connectivity index (χ3n) is 5.03. The van der Waals surface area contributed by atoms with Crippen molar-refractivity contribution < 1.29 is 9.18 Å². The van der Waals surface area contributed by atoms with Crippen molar-refractivity contribution in [1.29, 1.82) is 0 Å². The first-order chi connectivity index (χ1) is 12.5. The number of fused-ring (bicyclic) bond motifs is 1. The maximum atomic E-state index is 13.8. The number of aromatic nitrogens is 1. The Bertz CT molecular complexity index is 900. The molecule has 0 bridgehead atoms. The Morgan fingerprint density at radius 3 is 2.62 bits per heavy atom. The fraction of sp³-hybridized carbons (Fsp3) is 0.318. The number of hydrogen-bond donors (Lipinski definition) is 2. The molecule has 0 aliphatic heterocycles. The molecule has 2 N–H and O–H groups in total. The first-order valence-electron chi connectivity index (χ1n) is 9.06. The summed E-state index contributed by atoms with van der Waals surface area (Å²) < 4.78 is 13.8. The second kappa shape index (κ2) is 7.73. The van der Waals surface area contributed by atoms with Gasteiger partial charge in [0.1, 0.15) is 5.82 Å². The first-order valence-corrected chi connectivity index (χ1v) is 9.06. The summed E-state index contributed by atoms with van der Waals surface area (Å²) in [6.07, 6.45) is 2.21. The molecule has 1 heterocycles. The molecular weight excluding hydrogens is 327 g/mol. The summed E-state index contributed by atoms with van der Waals surface area (Å²) in [6.45, 7) is 6.16. The fourth-order valence-electron chi connectivity index (χ4n) is 3.18. The van der Waals surface area contributed by atoms with E-state index in [9.17, 15) is 9.18 Å². The molecule has 0 spiro atoms. The van der Waals surface area contributed by atoms with Gasteiger partial charge in [-0.1, -0.05) is 44.2 Å². The molecule has 0 saturated carbocycles. The summed E-state index contributed by atoms with van der Waals surface area (Å²) in [6, 6.07) is 14.6. The van der Waals surface area contributed by atoms with Gasteiger partial charge in [0.05, 0.1) is 0 Å². The number of benzene rings is 2. The second-order valence-electron chi connectivity index (χ2n) is 7.20. The van der Waals surface area contributed by atoms with Gasteiger partial charge in [-0.3, -0.25) is 4.79 Å². The molecule has 26 heavy (non-hydrogen) atoms. The number of nitrogens with one attached hydrogen (secondary N) is 2. The van der Waals surface area contributed by atoms with Crippen LogP contribution in [-0.4, -0.2) is 16.9 Å².